The molecule has 5 heteroatoms. The highest BCUT2D eigenvalue weighted by molar-refractivity contribution is 5.93. The zero-order valence-corrected chi connectivity index (χ0v) is 12.6. The van der Waals surface area contributed by atoms with Crippen LogP contribution in [0.4, 0.5) is 5.69 Å². The molecule has 2 N–H and O–H groups in total. The molecule has 1 aliphatic heterocycles. The molecule has 0 saturated carbocycles. The number of anilines is 1. The second-order valence-corrected chi connectivity index (χ2v) is 5.66. The van der Waals surface area contributed by atoms with E-state index < -0.39 is 5.97 Å². The first kappa shape index (κ1) is 15.5. The molecule has 114 valence electrons. The molecule has 0 radical (unpaired) electrons. The molecule has 1 fully saturated rings. The van der Waals surface area contributed by atoms with Gasteiger partial charge in [-0.2, -0.15) is 0 Å². The lowest BCUT2D eigenvalue weighted by Crippen LogP contribution is -2.38. The number of rotatable bonds is 5. The predicted octanol–water partition coefficient (Wildman–Crippen LogP) is 2.18. The Hall–Kier alpha value is -1.88. The van der Waals surface area contributed by atoms with Gasteiger partial charge in [-0.1, -0.05) is 12.1 Å². The maximum atomic E-state index is 12.2. The minimum Gasteiger partial charge on any atom is -0.481 e. The van der Waals surface area contributed by atoms with E-state index in [0.717, 1.165) is 36.2 Å². The summed E-state index contributed by atoms with van der Waals surface area (Å²) in [6.07, 6.45) is 1.91. The number of carboxylic acids is 1. The van der Waals surface area contributed by atoms with Crippen molar-refractivity contribution >= 4 is 17.6 Å². The lowest BCUT2D eigenvalue weighted by Gasteiger charge is -2.22. The summed E-state index contributed by atoms with van der Waals surface area (Å²) in [6, 6.07) is 5.79. The van der Waals surface area contributed by atoms with Crippen LogP contribution in [0, 0.1) is 13.8 Å². The molecule has 1 atom stereocenters. The Morgan fingerprint density at radius 1 is 1.38 bits per heavy atom. The van der Waals surface area contributed by atoms with Crippen molar-refractivity contribution in [1.29, 1.82) is 0 Å². The van der Waals surface area contributed by atoms with Crippen molar-refractivity contribution in [3.8, 4) is 0 Å². The number of hydrogen-bond donors (Lipinski definition) is 2. The van der Waals surface area contributed by atoms with Crippen LogP contribution in [0.2, 0.25) is 0 Å². The first-order valence-corrected chi connectivity index (χ1v) is 7.29. The fourth-order valence-electron chi connectivity index (χ4n) is 2.80. The first-order chi connectivity index (χ1) is 9.97. The predicted molar refractivity (Wildman–Crippen MR) is 81.4 cm³/mol. The Labute approximate surface area is 125 Å². The summed E-state index contributed by atoms with van der Waals surface area (Å²) in [5.74, 6) is -0.886. The van der Waals surface area contributed by atoms with Gasteiger partial charge in [-0.15, -0.1) is 0 Å². The minimum absolute atomic E-state index is 0.0214. The van der Waals surface area contributed by atoms with Gasteiger partial charge in [0.1, 0.15) is 0 Å². The number of nitrogens with one attached hydrogen (secondary N) is 1. The summed E-state index contributed by atoms with van der Waals surface area (Å²) >= 11 is 0. The van der Waals surface area contributed by atoms with Crippen LogP contribution in [0.15, 0.2) is 18.2 Å². The van der Waals surface area contributed by atoms with Gasteiger partial charge < -0.3 is 10.4 Å². The summed E-state index contributed by atoms with van der Waals surface area (Å²) in [4.78, 5) is 25.0. The van der Waals surface area contributed by atoms with Crippen molar-refractivity contribution in [2.45, 2.75) is 39.2 Å². The monoisotopic (exact) mass is 290 g/mol. The van der Waals surface area contributed by atoms with Crippen molar-refractivity contribution < 1.29 is 14.7 Å². The molecule has 1 aromatic carbocycles. The highest BCUT2D eigenvalue weighted by atomic mass is 16.4. The van der Waals surface area contributed by atoms with E-state index in [2.05, 4.69) is 5.32 Å². The van der Waals surface area contributed by atoms with Crippen LogP contribution >= 0.6 is 0 Å². The van der Waals surface area contributed by atoms with Gasteiger partial charge in [-0.05, 0) is 50.4 Å². The van der Waals surface area contributed by atoms with E-state index in [-0.39, 0.29) is 24.9 Å². The molecule has 2 rings (SSSR count). The lowest BCUT2D eigenvalue weighted by molar-refractivity contribution is -0.138. The number of nitrogens with zero attached hydrogens (tertiary/aromatic N) is 1. The van der Waals surface area contributed by atoms with Crippen molar-refractivity contribution in [2.75, 3.05) is 18.4 Å². The SMILES string of the molecule is Cc1cccc(NC(=O)CN2CCCC2CC(=O)O)c1C. The number of carbonyl (C=O) groups excluding carboxylic acids is 1. The van der Waals surface area contributed by atoms with E-state index in [4.69, 9.17) is 5.11 Å². The van der Waals surface area contributed by atoms with Crippen LogP contribution in [0.3, 0.4) is 0 Å². The molecule has 0 spiro atoms. The molecular weight excluding hydrogens is 268 g/mol. The third kappa shape index (κ3) is 4.04. The molecular formula is C16H22N2O3. The second kappa shape index (κ2) is 6.72. The topological polar surface area (TPSA) is 69.6 Å². The van der Waals surface area contributed by atoms with Crippen LogP contribution in [-0.2, 0) is 9.59 Å². The Bertz CT molecular complexity index is 542. The molecule has 1 saturated heterocycles. The van der Waals surface area contributed by atoms with Gasteiger partial charge in [-0.25, -0.2) is 0 Å². The molecule has 0 aliphatic carbocycles. The van der Waals surface area contributed by atoms with Crippen molar-refractivity contribution in [1.82, 2.24) is 4.90 Å². The third-order valence-corrected chi connectivity index (χ3v) is 4.13. The van der Waals surface area contributed by atoms with Crippen LogP contribution in [0.1, 0.15) is 30.4 Å². The maximum absolute atomic E-state index is 12.2. The quantitative estimate of drug-likeness (QED) is 0.872. The van der Waals surface area contributed by atoms with E-state index in [9.17, 15) is 9.59 Å². The van der Waals surface area contributed by atoms with Crippen LogP contribution in [0.5, 0.6) is 0 Å². The summed E-state index contributed by atoms with van der Waals surface area (Å²) < 4.78 is 0. The van der Waals surface area contributed by atoms with Crippen LogP contribution in [-0.4, -0.2) is 41.0 Å². The lowest BCUT2D eigenvalue weighted by atomic mass is 10.1. The molecule has 0 aromatic heterocycles. The number of aliphatic carboxylic acids is 1. The first-order valence-electron chi connectivity index (χ1n) is 7.29. The fourth-order valence-corrected chi connectivity index (χ4v) is 2.80. The summed E-state index contributed by atoms with van der Waals surface area (Å²) in [7, 11) is 0. The smallest absolute Gasteiger partial charge is 0.304 e. The highest BCUT2D eigenvalue weighted by Gasteiger charge is 2.28. The molecule has 1 amide bonds. The summed E-state index contributed by atoms with van der Waals surface area (Å²) in [5.41, 5.74) is 3.03. The molecule has 1 heterocycles. The number of aryl methyl sites for hydroxylation is 1. The number of amides is 1. The summed E-state index contributed by atoms with van der Waals surface area (Å²) in [6.45, 7) is 5.03. The largest absolute Gasteiger partial charge is 0.481 e. The number of benzene rings is 1. The Kier molecular flexibility index (Phi) is 4.96. The second-order valence-electron chi connectivity index (χ2n) is 5.66. The molecule has 1 aliphatic rings. The molecule has 1 unspecified atom stereocenters. The minimum atomic E-state index is -0.804. The van der Waals surface area contributed by atoms with E-state index in [1.807, 2.05) is 36.9 Å². The van der Waals surface area contributed by atoms with Crippen molar-refractivity contribution in [2.24, 2.45) is 0 Å². The maximum Gasteiger partial charge on any atom is 0.304 e. The van der Waals surface area contributed by atoms with Gasteiger partial charge in [0.25, 0.3) is 0 Å². The van der Waals surface area contributed by atoms with E-state index in [0.29, 0.717) is 0 Å². The van der Waals surface area contributed by atoms with Gasteiger partial charge in [0, 0.05) is 11.7 Å². The number of carboxylic acid groups (broad SMARTS) is 1. The third-order valence-electron chi connectivity index (χ3n) is 4.13. The van der Waals surface area contributed by atoms with E-state index in [1.54, 1.807) is 0 Å². The van der Waals surface area contributed by atoms with E-state index in [1.165, 1.54) is 0 Å². The zero-order valence-electron chi connectivity index (χ0n) is 12.6. The van der Waals surface area contributed by atoms with Crippen LogP contribution < -0.4 is 5.32 Å². The molecule has 21 heavy (non-hydrogen) atoms. The van der Waals surface area contributed by atoms with Gasteiger partial charge in [0.05, 0.1) is 13.0 Å². The number of carbonyl (C=O) groups is 2. The van der Waals surface area contributed by atoms with Crippen molar-refractivity contribution in [3.05, 3.63) is 29.3 Å². The molecule has 5 nitrogen and oxygen atoms in total. The average molecular weight is 290 g/mol. The van der Waals surface area contributed by atoms with Gasteiger partial charge in [0.15, 0.2) is 0 Å². The van der Waals surface area contributed by atoms with Gasteiger partial charge in [-0.3, -0.25) is 14.5 Å². The van der Waals surface area contributed by atoms with E-state index >= 15 is 0 Å². The van der Waals surface area contributed by atoms with Gasteiger partial charge in [0.2, 0.25) is 5.91 Å². The Morgan fingerprint density at radius 2 is 2.14 bits per heavy atom. The van der Waals surface area contributed by atoms with Crippen molar-refractivity contribution in [3.63, 3.8) is 0 Å². The normalized spacial score (nSPS) is 18.7. The fraction of sp³-hybridized carbons (Fsp3) is 0.500. The highest BCUT2D eigenvalue weighted by Crippen LogP contribution is 2.21. The number of hydrogen-bond acceptors (Lipinski definition) is 3. The van der Waals surface area contributed by atoms with Crippen LogP contribution in [0.25, 0.3) is 0 Å². The average Bonchev–Trinajstić information content (AvgIpc) is 2.81. The molecule has 0 bridgehead atoms. The van der Waals surface area contributed by atoms with Gasteiger partial charge >= 0.3 is 5.97 Å². The Balaban J connectivity index is 1.95. The zero-order chi connectivity index (χ0) is 15.4. The standard InChI is InChI=1S/C16H22N2O3/c1-11-5-3-7-14(12(11)2)17-15(19)10-18-8-4-6-13(18)9-16(20)21/h3,5,7,13H,4,6,8-10H2,1-2H3,(H,17,19)(H,20,21). The summed E-state index contributed by atoms with van der Waals surface area (Å²) in [5, 5.41) is 11.8. The Morgan fingerprint density at radius 3 is 2.86 bits per heavy atom. The number of likely N-dealkylation sites (tertiary alicyclic amines) is 1. The molecule has 1 aromatic rings.